The van der Waals surface area contributed by atoms with Crippen LogP contribution in [0, 0.1) is 0 Å². The van der Waals surface area contributed by atoms with Crippen LogP contribution in [0.3, 0.4) is 0 Å². The zero-order chi connectivity index (χ0) is 44.1. The summed E-state index contributed by atoms with van der Waals surface area (Å²) in [4.78, 5) is 0. The second kappa shape index (κ2) is 25.4. The maximum Gasteiger partial charge on any atom is 2.00 e. The Morgan fingerprint density at radius 1 is 0.492 bits per heavy atom. The second-order valence-corrected chi connectivity index (χ2v) is 13.2. The molecule has 0 saturated carbocycles. The fraction of sp³-hybridized carbons (Fsp3) is 0.0909. The molecule has 0 aromatic heterocycles. The van der Waals surface area contributed by atoms with Crippen LogP contribution in [-0.4, -0.2) is 61.3 Å². The molecule has 8 N–H and O–H groups in total. The van der Waals surface area contributed by atoms with Crippen molar-refractivity contribution in [2.24, 2.45) is 30.7 Å². The standard InChI is InChI=1S/2C22H21N5O3S.Cu/c1-29-19-11-7-6-10-18(19)24-22(31)27-23-14-15-12-17(13-20(30-2)21(15)28)26-25-16-8-4-3-5-9-16;1-29-19-10-8-16(9-11-19)24-22(31)27-23-14-15-12-18(13-20(30-2)21(15)28)26-25-17-6-4-3-5-7-17;/h2*3-14,28H,1-2H3,(H2,24,27,31);/q;;+2/p+2. The number of methoxy groups -OCH3 is 4. The van der Waals surface area contributed by atoms with Crippen LogP contribution in [0.15, 0.2) is 164 Å². The Bertz CT molecular complexity index is 2550. The van der Waals surface area contributed by atoms with Gasteiger partial charge in [-0.3, -0.25) is 10.9 Å². The monoisotopic (exact) mass is 935 g/mol. The summed E-state index contributed by atoms with van der Waals surface area (Å²) in [6.07, 6.45) is 2.96. The second-order valence-electron chi connectivity index (χ2n) is 12.4. The SMILES string of the molecule is COc1ccc(NC(=S)NN=Cc2cc(N=Nc3ccccc3)cc(OC)c2[OH2+])cc1.COc1ccccc1NC(=S)NN=Cc1cc(N=Nc2ccccc2)cc(OC)c1[OH2+].[Cu+2]. The largest absolute Gasteiger partial charge is 2.00 e. The van der Waals surface area contributed by atoms with Crippen molar-refractivity contribution in [3.05, 3.63) is 145 Å². The van der Waals surface area contributed by atoms with Crippen molar-refractivity contribution >= 4 is 81.2 Å². The third kappa shape index (κ3) is 15.2. The molecule has 6 aromatic rings. The van der Waals surface area contributed by atoms with E-state index in [4.69, 9.17) is 53.6 Å². The molecule has 19 heteroatoms. The predicted molar refractivity (Wildman–Crippen MR) is 253 cm³/mol. The van der Waals surface area contributed by atoms with Gasteiger partial charge in [-0.25, -0.2) is 0 Å². The maximum atomic E-state index is 8.28. The first kappa shape index (κ1) is 48.2. The molecule has 16 nitrogen and oxygen atoms in total. The van der Waals surface area contributed by atoms with Gasteiger partial charge in [-0.2, -0.15) is 30.7 Å². The first-order valence-electron chi connectivity index (χ1n) is 18.5. The maximum absolute atomic E-state index is 8.28. The number of benzene rings is 6. The van der Waals surface area contributed by atoms with Gasteiger partial charge in [-0.05, 0) is 97.2 Å². The van der Waals surface area contributed by atoms with Crippen molar-refractivity contribution in [2.75, 3.05) is 39.1 Å². The topological polar surface area (TPSA) is 205 Å². The van der Waals surface area contributed by atoms with Crippen LogP contribution in [0.2, 0.25) is 0 Å². The van der Waals surface area contributed by atoms with Gasteiger partial charge in [-0.1, -0.05) is 48.5 Å². The Labute approximate surface area is 385 Å². The van der Waals surface area contributed by atoms with Crippen LogP contribution < -0.4 is 40.4 Å². The number of hydrogen-bond acceptors (Lipinski definition) is 12. The number of ether oxygens (including phenoxy) is 4. The molecular weight excluding hydrogens is 892 g/mol. The average molecular weight is 937 g/mol. The minimum Gasteiger partial charge on any atom is -0.590 e. The summed E-state index contributed by atoms with van der Waals surface area (Å²) >= 11 is 10.5. The van der Waals surface area contributed by atoms with E-state index >= 15 is 0 Å². The molecule has 0 saturated heterocycles. The zero-order valence-electron chi connectivity index (χ0n) is 34.3. The number of hydrogen-bond donors (Lipinski definition) is 4. The van der Waals surface area contributed by atoms with E-state index < -0.39 is 0 Å². The average Bonchev–Trinajstić information content (AvgIpc) is 3.30. The smallest absolute Gasteiger partial charge is 0.590 e. The first-order valence-corrected chi connectivity index (χ1v) is 19.3. The summed E-state index contributed by atoms with van der Waals surface area (Å²) in [6, 6.07) is 40.1. The van der Waals surface area contributed by atoms with Crippen LogP contribution in [-0.2, 0) is 17.1 Å². The van der Waals surface area contributed by atoms with Gasteiger partial charge >= 0.3 is 28.6 Å². The van der Waals surface area contributed by atoms with Crippen molar-refractivity contribution in [1.82, 2.24) is 10.9 Å². The molecule has 0 aliphatic heterocycles. The van der Waals surface area contributed by atoms with Crippen LogP contribution >= 0.6 is 24.4 Å². The molecule has 0 unspecified atom stereocenters. The van der Waals surface area contributed by atoms with Gasteiger partial charge in [0.05, 0.1) is 80.4 Å². The molecule has 325 valence electrons. The van der Waals surface area contributed by atoms with E-state index in [0.717, 1.165) is 22.8 Å². The Balaban J connectivity index is 0.000000272. The van der Waals surface area contributed by atoms with Gasteiger partial charge in [0.25, 0.3) is 0 Å². The molecule has 6 rings (SSSR count). The third-order valence-electron chi connectivity index (χ3n) is 8.19. The molecule has 0 bridgehead atoms. The molecule has 0 aliphatic carbocycles. The fourth-order valence-corrected chi connectivity index (χ4v) is 5.49. The van der Waals surface area contributed by atoms with Crippen molar-refractivity contribution in [1.29, 1.82) is 0 Å². The summed E-state index contributed by atoms with van der Waals surface area (Å²) in [7, 11) is 6.19. The van der Waals surface area contributed by atoms with Crippen molar-refractivity contribution < 1.29 is 46.2 Å². The summed E-state index contributed by atoms with van der Waals surface area (Å²) in [5.74, 6) is 2.50. The number of hydrazone groups is 2. The number of nitrogens with one attached hydrogen (secondary N) is 4. The number of rotatable bonds is 14. The summed E-state index contributed by atoms with van der Waals surface area (Å²) in [6.45, 7) is 0. The summed E-state index contributed by atoms with van der Waals surface area (Å²) < 4.78 is 21.0. The van der Waals surface area contributed by atoms with Gasteiger partial charge in [0, 0.05) is 17.8 Å². The molecule has 0 amide bonds. The minimum absolute atomic E-state index is 0. The molecule has 0 fully saturated rings. The molecule has 0 heterocycles. The van der Waals surface area contributed by atoms with Crippen LogP contribution in [0.25, 0.3) is 0 Å². The minimum atomic E-state index is 0. The fourth-order valence-electron chi connectivity index (χ4n) is 5.16. The van der Waals surface area contributed by atoms with Crippen LogP contribution in [0.4, 0.5) is 34.1 Å². The van der Waals surface area contributed by atoms with Crippen molar-refractivity contribution in [2.45, 2.75) is 0 Å². The number of nitrogens with zero attached hydrogens (tertiary/aromatic N) is 6. The zero-order valence-corrected chi connectivity index (χ0v) is 36.9. The molecule has 0 atom stereocenters. The van der Waals surface area contributed by atoms with E-state index in [-0.39, 0.29) is 33.7 Å². The Morgan fingerprint density at radius 2 is 0.921 bits per heavy atom. The molecule has 0 aliphatic rings. The summed E-state index contributed by atoms with van der Waals surface area (Å²) in [5, 5.41) is 48.2. The summed E-state index contributed by atoms with van der Waals surface area (Å²) in [5.41, 5.74) is 10.5. The molecule has 0 spiro atoms. The molecule has 1 radical (unpaired) electrons. The van der Waals surface area contributed by atoms with E-state index in [1.807, 2.05) is 109 Å². The number of anilines is 2. The molecule has 63 heavy (non-hydrogen) atoms. The van der Waals surface area contributed by atoms with Gasteiger partial charge in [0.15, 0.2) is 10.2 Å². The number of para-hydroxylation sites is 2. The van der Waals surface area contributed by atoms with E-state index in [0.29, 0.717) is 50.6 Å². The van der Waals surface area contributed by atoms with E-state index in [1.165, 1.54) is 26.6 Å². The molecule has 6 aromatic carbocycles. The Hall–Kier alpha value is -7.44. The third-order valence-corrected chi connectivity index (χ3v) is 8.58. The van der Waals surface area contributed by atoms with Crippen molar-refractivity contribution in [3.8, 4) is 34.5 Å². The Morgan fingerprint density at radius 3 is 1.38 bits per heavy atom. The Kier molecular flexibility index (Phi) is 19.4. The number of thiocarbonyl (C=S) groups is 2. The van der Waals surface area contributed by atoms with Gasteiger partial charge in [-0.15, -0.1) is 0 Å². The van der Waals surface area contributed by atoms with E-state index in [9.17, 15) is 0 Å². The van der Waals surface area contributed by atoms with Crippen LogP contribution in [0.1, 0.15) is 11.1 Å². The normalized spacial score (nSPS) is 10.7. The van der Waals surface area contributed by atoms with Crippen LogP contribution in [0.5, 0.6) is 34.5 Å². The van der Waals surface area contributed by atoms with Gasteiger partial charge in [0.1, 0.15) is 11.5 Å². The van der Waals surface area contributed by atoms with E-state index in [2.05, 4.69) is 52.1 Å². The first-order chi connectivity index (χ1) is 30.2. The quantitative estimate of drug-likeness (QED) is 0.0203. The van der Waals surface area contributed by atoms with Gasteiger partial charge < -0.3 is 39.8 Å². The van der Waals surface area contributed by atoms with E-state index in [1.54, 1.807) is 38.5 Å². The molecular formula is C44H44CuN10O6S2+4. The number of azo groups is 2. The van der Waals surface area contributed by atoms with Gasteiger partial charge in [0.2, 0.25) is 11.5 Å². The van der Waals surface area contributed by atoms with Crippen molar-refractivity contribution in [3.63, 3.8) is 0 Å². The predicted octanol–water partition coefficient (Wildman–Crippen LogP) is 9.75.